The van der Waals surface area contributed by atoms with Crippen molar-refractivity contribution >= 4 is 29.7 Å². The van der Waals surface area contributed by atoms with Gasteiger partial charge in [-0.05, 0) is 12.8 Å². The van der Waals surface area contributed by atoms with Crippen molar-refractivity contribution in [2.75, 3.05) is 0 Å². The Hall–Kier alpha value is -2.45. The molecule has 0 bridgehead atoms. The summed E-state index contributed by atoms with van der Waals surface area (Å²) in [4.78, 5) is 46.5. The van der Waals surface area contributed by atoms with Crippen LogP contribution in [-0.4, -0.2) is 50.1 Å². The summed E-state index contributed by atoms with van der Waals surface area (Å²) in [7, 11) is 0. The molecule has 9 nitrogen and oxygen atoms in total. The van der Waals surface area contributed by atoms with Gasteiger partial charge in [-0.25, -0.2) is 0 Å². The number of carbonyl (C=O) groups excluding carboxylic acids is 1. The van der Waals surface area contributed by atoms with Crippen LogP contribution in [0.25, 0.3) is 0 Å². The fraction of sp³-hybridized carbons (Fsp3) is 0.643. The molecule has 1 fully saturated rings. The van der Waals surface area contributed by atoms with Crippen LogP contribution < -0.4 is 0 Å². The lowest BCUT2D eigenvalue weighted by molar-refractivity contribution is -0.135. The van der Waals surface area contributed by atoms with Gasteiger partial charge in [-0.15, -0.1) is 0 Å². The highest BCUT2D eigenvalue weighted by Gasteiger charge is 2.05. The quantitative estimate of drug-likeness (QED) is 0.515. The summed E-state index contributed by atoms with van der Waals surface area (Å²) in [5.74, 6) is -2.87. The van der Waals surface area contributed by atoms with E-state index in [2.05, 4.69) is 0 Å². The molecule has 1 aliphatic rings. The van der Waals surface area contributed by atoms with E-state index in [-0.39, 0.29) is 0 Å². The molecule has 1 aliphatic carbocycles. The predicted molar refractivity (Wildman–Crippen MR) is 81.3 cm³/mol. The monoisotopic (exact) mass is 338 g/mol. The first-order chi connectivity index (χ1) is 10.3. The number of carboxylic acids is 4. The van der Waals surface area contributed by atoms with Crippen molar-refractivity contribution in [2.24, 2.45) is 0 Å². The number of hydrogen-bond acceptors (Lipinski definition) is 5. The third-order valence-electron chi connectivity index (χ3n) is 1.41. The van der Waals surface area contributed by atoms with Crippen LogP contribution in [0.5, 0.6) is 0 Å². The predicted octanol–water partition coefficient (Wildman–Crippen LogP) is 1.88. The first-order valence-electron chi connectivity index (χ1n) is 6.62. The van der Waals surface area contributed by atoms with E-state index in [1.54, 1.807) is 0 Å². The van der Waals surface area contributed by atoms with Gasteiger partial charge in [0, 0.05) is 40.5 Å². The molecule has 0 heterocycles. The topological polar surface area (TPSA) is 166 Å². The van der Waals surface area contributed by atoms with E-state index < -0.39 is 23.9 Å². The summed E-state index contributed by atoms with van der Waals surface area (Å²) in [6.45, 7) is 4.33. The fourth-order valence-electron chi connectivity index (χ4n) is 0.946. The van der Waals surface area contributed by atoms with Crippen molar-refractivity contribution in [2.45, 2.75) is 59.8 Å². The van der Waals surface area contributed by atoms with Crippen LogP contribution >= 0.6 is 0 Å². The van der Waals surface area contributed by atoms with Crippen LogP contribution in [0.1, 0.15) is 59.8 Å². The van der Waals surface area contributed by atoms with Gasteiger partial charge < -0.3 is 20.4 Å². The minimum atomic E-state index is -0.833. The van der Waals surface area contributed by atoms with Gasteiger partial charge in [0.15, 0.2) is 0 Å². The number of ketones is 1. The van der Waals surface area contributed by atoms with Crippen molar-refractivity contribution in [3.63, 3.8) is 0 Å². The Labute approximate surface area is 134 Å². The van der Waals surface area contributed by atoms with E-state index in [0.29, 0.717) is 5.78 Å². The number of aliphatic carboxylic acids is 4. The number of hydrogen-bond donors (Lipinski definition) is 4. The zero-order valence-electron chi connectivity index (χ0n) is 13.9. The Bertz CT molecular complexity index is 289. The van der Waals surface area contributed by atoms with Gasteiger partial charge in [-0.3, -0.25) is 24.0 Å². The van der Waals surface area contributed by atoms with Gasteiger partial charge in [0.1, 0.15) is 5.78 Å². The maximum absolute atomic E-state index is 10.5. The zero-order valence-corrected chi connectivity index (χ0v) is 13.9. The van der Waals surface area contributed by atoms with E-state index in [1.165, 1.54) is 6.42 Å². The highest BCUT2D eigenvalue weighted by atomic mass is 16.4. The second-order valence-electron chi connectivity index (χ2n) is 4.18. The first kappa shape index (κ1) is 28.7. The fourth-order valence-corrected chi connectivity index (χ4v) is 0.946. The standard InChI is InChI=1S/C6H10O.4C2H4O2/c7-6-4-2-1-3-5-6;4*1-2(3)4/h1-5H2;4*1H3,(H,3,4). The Balaban J connectivity index is -0.000000102. The molecule has 0 saturated heterocycles. The minimum absolute atomic E-state index is 0.464. The molecule has 1 rings (SSSR count). The van der Waals surface area contributed by atoms with Crippen molar-refractivity contribution in [1.82, 2.24) is 0 Å². The molecule has 0 aromatic heterocycles. The molecule has 0 atom stereocenters. The summed E-state index contributed by atoms with van der Waals surface area (Å²) < 4.78 is 0. The van der Waals surface area contributed by atoms with Crippen LogP contribution in [0.2, 0.25) is 0 Å². The van der Waals surface area contributed by atoms with Gasteiger partial charge in [-0.2, -0.15) is 0 Å². The molecule has 0 aromatic rings. The lowest BCUT2D eigenvalue weighted by atomic mass is 10.00. The van der Waals surface area contributed by atoms with Crippen LogP contribution in [-0.2, 0) is 24.0 Å². The number of rotatable bonds is 0. The van der Waals surface area contributed by atoms with Gasteiger partial charge in [-0.1, -0.05) is 6.42 Å². The molecule has 0 aromatic carbocycles. The molecule has 0 aliphatic heterocycles. The molecule has 1 saturated carbocycles. The molecule has 4 N–H and O–H groups in total. The molecule has 9 heteroatoms. The number of carboxylic acid groups (broad SMARTS) is 4. The minimum Gasteiger partial charge on any atom is -0.481 e. The highest BCUT2D eigenvalue weighted by Crippen LogP contribution is 2.12. The second-order valence-corrected chi connectivity index (χ2v) is 4.18. The maximum Gasteiger partial charge on any atom is 0.300 e. The lowest BCUT2D eigenvalue weighted by Crippen LogP contribution is -2.02. The third kappa shape index (κ3) is 195. The van der Waals surface area contributed by atoms with Gasteiger partial charge in [0.2, 0.25) is 0 Å². The Kier molecular flexibility index (Phi) is 27.2. The second kappa shape index (κ2) is 21.8. The lowest BCUT2D eigenvalue weighted by Gasteiger charge is -2.05. The summed E-state index contributed by atoms with van der Waals surface area (Å²) in [6.07, 6.45) is 5.24. The van der Waals surface area contributed by atoms with Crippen LogP contribution in [0, 0.1) is 0 Å². The summed E-state index contributed by atoms with van der Waals surface area (Å²) in [5, 5.41) is 29.7. The van der Waals surface area contributed by atoms with Crippen molar-refractivity contribution in [3.05, 3.63) is 0 Å². The van der Waals surface area contributed by atoms with Crippen LogP contribution in [0.3, 0.4) is 0 Å². The van der Waals surface area contributed by atoms with E-state index in [1.807, 2.05) is 0 Å². The maximum atomic E-state index is 10.5. The Morgan fingerprint density at radius 2 is 0.783 bits per heavy atom. The molecule has 23 heavy (non-hydrogen) atoms. The Morgan fingerprint density at radius 1 is 0.609 bits per heavy atom. The van der Waals surface area contributed by atoms with E-state index in [4.69, 9.17) is 39.6 Å². The molecular formula is C14H26O9. The molecule has 0 radical (unpaired) electrons. The number of carbonyl (C=O) groups is 5. The average Bonchev–Trinajstić information content (AvgIpc) is 2.26. The zero-order chi connectivity index (χ0) is 19.4. The third-order valence-corrected chi connectivity index (χ3v) is 1.41. The average molecular weight is 338 g/mol. The van der Waals surface area contributed by atoms with Gasteiger partial charge in [0.25, 0.3) is 23.9 Å². The van der Waals surface area contributed by atoms with Crippen molar-refractivity contribution in [1.29, 1.82) is 0 Å². The molecular weight excluding hydrogens is 312 g/mol. The molecule has 0 unspecified atom stereocenters. The highest BCUT2D eigenvalue weighted by molar-refractivity contribution is 5.78. The van der Waals surface area contributed by atoms with E-state index in [9.17, 15) is 4.79 Å². The molecule has 0 amide bonds. The van der Waals surface area contributed by atoms with Crippen molar-refractivity contribution < 1.29 is 44.4 Å². The normalized spacial score (nSPS) is 11.2. The van der Waals surface area contributed by atoms with Gasteiger partial charge >= 0.3 is 0 Å². The van der Waals surface area contributed by atoms with Crippen molar-refractivity contribution in [3.8, 4) is 0 Å². The Morgan fingerprint density at radius 3 is 0.870 bits per heavy atom. The number of Topliss-reactive ketones (excluding diaryl/α,β-unsaturated/α-hetero) is 1. The largest absolute Gasteiger partial charge is 0.481 e. The van der Waals surface area contributed by atoms with Gasteiger partial charge in [0.05, 0.1) is 0 Å². The smallest absolute Gasteiger partial charge is 0.300 e. The summed E-state index contributed by atoms with van der Waals surface area (Å²) in [6, 6.07) is 0. The SMILES string of the molecule is CC(=O)O.CC(=O)O.CC(=O)O.CC(=O)O.O=C1CCCCC1. The molecule has 136 valence electrons. The van der Waals surface area contributed by atoms with E-state index >= 15 is 0 Å². The summed E-state index contributed by atoms with van der Waals surface area (Å²) in [5.41, 5.74) is 0. The summed E-state index contributed by atoms with van der Waals surface area (Å²) >= 11 is 0. The molecule has 0 spiro atoms. The van der Waals surface area contributed by atoms with E-state index in [0.717, 1.165) is 53.4 Å². The first-order valence-corrected chi connectivity index (χ1v) is 6.62. The van der Waals surface area contributed by atoms with Crippen LogP contribution in [0.15, 0.2) is 0 Å². The van der Waals surface area contributed by atoms with Crippen LogP contribution in [0.4, 0.5) is 0 Å².